The maximum atomic E-state index is 12.7. The van der Waals surface area contributed by atoms with Gasteiger partial charge >= 0.3 is 5.97 Å². The minimum Gasteiger partial charge on any atom is -0.475 e. The molecule has 0 atom stereocenters. The van der Waals surface area contributed by atoms with E-state index in [1.54, 1.807) is 6.92 Å². The maximum absolute atomic E-state index is 12.7. The fourth-order valence-corrected chi connectivity index (χ4v) is 4.63. The summed E-state index contributed by atoms with van der Waals surface area (Å²) in [6, 6.07) is 1.11. The van der Waals surface area contributed by atoms with E-state index in [1.807, 2.05) is 0 Å². The molecule has 1 aromatic heterocycles. The molecule has 7 heteroatoms. The zero-order valence-electron chi connectivity index (χ0n) is 11.6. The highest BCUT2D eigenvalue weighted by Crippen LogP contribution is 2.30. The Hall–Kier alpha value is -1.34. The van der Waals surface area contributed by atoms with Gasteiger partial charge in [-0.3, -0.25) is 0 Å². The van der Waals surface area contributed by atoms with Gasteiger partial charge < -0.3 is 9.52 Å². The fraction of sp³-hybridized carbons (Fsp3) is 0.615. The minimum absolute atomic E-state index is 0.00702. The highest BCUT2D eigenvalue weighted by Gasteiger charge is 2.34. The number of carboxylic acid groups (broad SMARTS) is 1. The lowest BCUT2D eigenvalue weighted by atomic mass is 10.2. The Labute approximate surface area is 118 Å². The molecule has 0 spiro atoms. The second-order valence-corrected chi connectivity index (χ2v) is 6.84. The Bertz CT molecular complexity index is 598. The SMILES string of the molecule is CCN(C1CCCC1)S(=O)(=O)c1cc(C(=O)O)oc1C. The lowest BCUT2D eigenvalue weighted by Gasteiger charge is -2.26. The van der Waals surface area contributed by atoms with E-state index in [4.69, 9.17) is 9.52 Å². The van der Waals surface area contributed by atoms with Gasteiger partial charge in [0.15, 0.2) is 0 Å². The normalized spacial score (nSPS) is 16.9. The van der Waals surface area contributed by atoms with Crippen molar-refractivity contribution in [2.75, 3.05) is 6.54 Å². The van der Waals surface area contributed by atoms with E-state index in [0.29, 0.717) is 6.54 Å². The van der Waals surface area contributed by atoms with Crippen LogP contribution < -0.4 is 0 Å². The third kappa shape index (κ3) is 2.60. The molecule has 0 aromatic carbocycles. The topological polar surface area (TPSA) is 87.8 Å². The number of rotatable bonds is 5. The summed E-state index contributed by atoms with van der Waals surface area (Å²) in [6.45, 7) is 3.64. The lowest BCUT2D eigenvalue weighted by molar-refractivity contribution is 0.0661. The minimum atomic E-state index is -3.70. The number of hydrogen-bond acceptors (Lipinski definition) is 4. The molecule has 1 fully saturated rings. The summed E-state index contributed by atoms with van der Waals surface area (Å²) in [4.78, 5) is 10.8. The van der Waals surface area contributed by atoms with Crippen molar-refractivity contribution in [1.29, 1.82) is 0 Å². The predicted molar refractivity (Wildman–Crippen MR) is 72.2 cm³/mol. The second-order valence-electron chi connectivity index (χ2n) is 4.98. The van der Waals surface area contributed by atoms with Gasteiger partial charge in [-0.25, -0.2) is 13.2 Å². The van der Waals surface area contributed by atoms with Gasteiger partial charge in [-0.2, -0.15) is 4.31 Å². The van der Waals surface area contributed by atoms with Crippen molar-refractivity contribution in [3.8, 4) is 0 Å². The third-order valence-corrected chi connectivity index (χ3v) is 5.85. The summed E-state index contributed by atoms with van der Waals surface area (Å²) in [5, 5.41) is 8.89. The molecular formula is C13H19NO5S. The van der Waals surface area contributed by atoms with Crippen LogP contribution in [-0.2, 0) is 10.0 Å². The Morgan fingerprint density at radius 1 is 1.45 bits per heavy atom. The molecule has 0 aliphatic heterocycles. The molecule has 1 aliphatic rings. The van der Waals surface area contributed by atoms with Gasteiger partial charge in [0.05, 0.1) is 0 Å². The molecule has 112 valence electrons. The molecule has 1 N–H and O–H groups in total. The molecule has 1 aromatic rings. The number of hydrogen-bond donors (Lipinski definition) is 1. The fourth-order valence-electron chi connectivity index (χ4n) is 2.77. The van der Waals surface area contributed by atoms with E-state index in [2.05, 4.69) is 0 Å². The van der Waals surface area contributed by atoms with Crippen molar-refractivity contribution in [2.24, 2.45) is 0 Å². The molecule has 0 amide bonds. The van der Waals surface area contributed by atoms with E-state index in [-0.39, 0.29) is 22.5 Å². The molecule has 1 heterocycles. The average molecular weight is 301 g/mol. The van der Waals surface area contributed by atoms with Gasteiger partial charge in [0.25, 0.3) is 0 Å². The standard InChI is InChI=1S/C13H19NO5S/c1-3-14(10-6-4-5-7-10)20(17,18)12-8-11(13(15)16)19-9(12)2/h8,10H,3-7H2,1-2H3,(H,15,16). The van der Waals surface area contributed by atoms with Gasteiger partial charge in [0.2, 0.25) is 15.8 Å². The first-order valence-electron chi connectivity index (χ1n) is 6.73. The molecule has 2 rings (SSSR count). The van der Waals surface area contributed by atoms with Crippen LogP contribution in [0.4, 0.5) is 0 Å². The van der Waals surface area contributed by atoms with Crippen LogP contribution in [0.3, 0.4) is 0 Å². The number of aryl methyl sites for hydroxylation is 1. The first-order chi connectivity index (χ1) is 9.37. The van der Waals surface area contributed by atoms with Crippen LogP contribution in [0.25, 0.3) is 0 Å². The van der Waals surface area contributed by atoms with Crippen molar-refractivity contribution >= 4 is 16.0 Å². The van der Waals surface area contributed by atoms with E-state index < -0.39 is 16.0 Å². The second kappa shape index (κ2) is 5.57. The third-order valence-electron chi connectivity index (χ3n) is 3.71. The summed E-state index contributed by atoms with van der Waals surface area (Å²) < 4.78 is 31.8. The number of carboxylic acids is 1. The van der Waals surface area contributed by atoms with Crippen LogP contribution >= 0.6 is 0 Å². The van der Waals surface area contributed by atoms with Gasteiger partial charge in [0.1, 0.15) is 10.7 Å². The summed E-state index contributed by atoms with van der Waals surface area (Å²) in [5.74, 6) is -1.49. The van der Waals surface area contributed by atoms with Crippen molar-refractivity contribution in [3.05, 3.63) is 17.6 Å². The highest BCUT2D eigenvalue weighted by molar-refractivity contribution is 7.89. The molecule has 1 saturated carbocycles. The number of carbonyl (C=O) groups is 1. The molecule has 0 unspecified atom stereocenters. The van der Waals surface area contributed by atoms with E-state index in [9.17, 15) is 13.2 Å². The molecule has 1 aliphatic carbocycles. The molecular weight excluding hydrogens is 282 g/mol. The molecule has 20 heavy (non-hydrogen) atoms. The smallest absolute Gasteiger partial charge is 0.371 e. The number of furan rings is 1. The van der Waals surface area contributed by atoms with Gasteiger partial charge in [-0.05, 0) is 19.8 Å². The van der Waals surface area contributed by atoms with Crippen molar-refractivity contribution in [2.45, 2.75) is 50.5 Å². The van der Waals surface area contributed by atoms with E-state index in [0.717, 1.165) is 31.7 Å². The zero-order chi connectivity index (χ0) is 14.9. The van der Waals surface area contributed by atoms with Gasteiger partial charge in [-0.15, -0.1) is 0 Å². The summed E-state index contributed by atoms with van der Waals surface area (Å²) >= 11 is 0. The molecule has 6 nitrogen and oxygen atoms in total. The quantitative estimate of drug-likeness (QED) is 0.901. The number of nitrogens with zero attached hydrogens (tertiary/aromatic N) is 1. The summed E-state index contributed by atoms with van der Waals surface area (Å²) in [6.07, 6.45) is 3.77. The van der Waals surface area contributed by atoms with E-state index in [1.165, 1.54) is 11.2 Å². The monoisotopic (exact) mass is 301 g/mol. The summed E-state index contributed by atoms with van der Waals surface area (Å²) in [7, 11) is -3.70. The van der Waals surface area contributed by atoms with Crippen molar-refractivity contribution in [3.63, 3.8) is 0 Å². The largest absolute Gasteiger partial charge is 0.475 e. The first kappa shape index (κ1) is 15.1. The maximum Gasteiger partial charge on any atom is 0.371 e. The molecule has 0 saturated heterocycles. The van der Waals surface area contributed by atoms with Gasteiger partial charge in [0, 0.05) is 18.7 Å². The average Bonchev–Trinajstić information content (AvgIpc) is 2.99. The first-order valence-corrected chi connectivity index (χ1v) is 8.17. The van der Waals surface area contributed by atoms with Crippen LogP contribution in [0.5, 0.6) is 0 Å². The Morgan fingerprint density at radius 2 is 2.05 bits per heavy atom. The van der Waals surface area contributed by atoms with Gasteiger partial charge in [-0.1, -0.05) is 19.8 Å². The number of aromatic carboxylic acids is 1. The van der Waals surface area contributed by atoms with Crippen LogP contribution in [0.2, 0.25) is 0 Å². The van der Waals surface area contributed by atoms with Crippen molar-refractivity contribution in [1.82, 2.24) is 4.31 Å². The Kier molecular flexibility index (Phi) is 4.19. The lowest BCUT2D eigenvalue weighted by Crippen LogP contribution is -2.38. The zero-order valence-corrected chi connectivity index (χ0v) is 12.4. The van der Waals surface area contributed by atoms with Crippen LogP contribution in [0.1, 0.15) is 48.9 Å². The molecule has 0 bridgehead atoms. The predicted octanol–water partition coefficient (Wildman–Crippen LogP) is 2.24. The Balaban J connectivity index is 2.40. The molecule has 0 radical (unpaired) electrons. The van der Waals surface area contributed by atoms with Crippen LogP contribution in [0.15, 0.2) is 15.4 Å². The Morgan fingerprint density at radius 3 is 2.50 bits per heavy atom. The van der Waals surface area contributed by atoms with Crippen molar-refractivity contribution < 1.29 is 22.7 Å². The highest BCUT2D eigenvalue weighted by atomic mass is 32.2. The van der Waals surface area contributed by atoms with Crippen LogP contribution in [0, 0.1) is 6.92 Å². The number of sulfonamides is 1. The summed E-state index contributed by atoms with van der Waals surface area (Å²) in [5.41, 5.74) is 0. The van der Waals surface area contributed by atoms with Crippen LogP contribution in [-0.4, -0.2) is 36.4 Å². The van der Waals surface area contributed by atoms with E-state index >= 15 is 0 Å².